The molecule has 0 aromatic heterocycles. The number of allylic oxidation sites excluding steroid dienone is 4. The van der Waals surface area contributed by atoms with Crippen molar-refractivity contribution in [3.63, 3.8) is 0 Å². The van der Waals surface area contributed by atoms with Gasteiger partial charge in [0.1, 0.15) is 0 Å². The fraction of sp³-hybridized carbons (Fsp3) is 0.341. The number of hydrogen-bond acceptors (Lipinski definition) is 0. The first-order valence-electron chi connectivity index (χ1n) is 16.8. The summed E-state index contributed by atoms with van der Waals surface area (Å²) >= 11 is -2.82. The van der Waals surface area contributed by atoms with E-state index >= 15 is 0 Å². The molecule has 0 radical (unpaired) electrons. The molecule has 242 valence electrons. The smallest absolute Gasteiger partial charge is 1.00 e. The first-order chi connectivity index (χ1) is 21.1. The quantitative estimate of drug-likeness (QED) is 0.217. The van der Waals surface area contributed by atoms with Gasteiger partial charge in [-0.2, -0.15) is 0 Å². The molecule has 4 aromatic carbocycles. The van der Waals surface area contributed by atoms with Crippen LogP contribution in [0.5, 0.6) is 0 Å². The molecule has 3 heteroatoms. The standard InChI is InChI=1S/C21H25.C13H8.C10H15.2ClH.Zr/c1-20(2,3)16-7-9-18-14(12-16)11-15-13-17(21(4,5)6)8-10-19(15)18;1-3-7-12-10(5-1)9-11-6-2-4-8-13(11)12;1-8-5-6-9(7-8)10(2,3)4;;;/h7-13H,1-6H3;1-8H;6-8H,1-4H3;2*1H;/q;;;;;+2/p-2. The molecule has 0 bridgehead atoms. The zero-order chi connectivity index (χ0) is 32.1. The first kappa shape index (κ1) is 36.0. The van der Waals surface area contributed by atoms with Gasteiger partial charge in [0.25, 0.3) is 0 Å². The van der Waals surface area contributed by atoms with Crippen molar-refractivity contribution in [3.05, 3.63) is 139 Å². The van der Waals surface area contributed by atoms with E-state index in [0.29, 0.717) is 9.54 Å². The molecule has 0 saturated carbocycles. The second-order valence-electron chi connectivity index (χ2n) is 16.7. The Morgan fingerprint density at radius 1 is 0.511 bits per heavy atom. The van der Waals surface area contributed by atoms with Crippen molar-refractivity contribution >= 4 is 3.21 Å². The summed E-state index contributed by atoms with van der Waals surface area (Å²) in [5.74, 6) is 0.449. The fourth-order valence-electron chi connectivity index (χ4n) is 7.76. The Hall–Kier alpha value is -2.31. The molecular weight excluding hydrogens is 691 g/mol. The Balaban J connectivity index is 0.00000217. The van der Waals surface area contributed by atoms with E-state index in [1.54, 1.807) is 17.6 Å². The zero-order valence-electron chi connectivity index (χ0n) is 29.6. The molecule has 0 spiro atoms. The normalized spacial score (nSPS) is 16.5. The van der Waals surface area contributed by atoms with E-state index < -0.39 is 21.3 Å². The molecule has 1 atom stereocenters. The van der Waals surface area contributed by atoms with Crippen molar-refractivity contribution in [3.8, 4) is 22.3 Å². The van der Waals surface area contributed by atoms with Crippen LogP contribution in [-0.2, 0) is 32.1 Å². The molecule has 0 fully saturated rings. The van der Waals surface area contributed by atoms with Crippen LogP contribution in [0.3, 0.4) is 0 Å². The van der Waals surface area contributed by atoms with Crippen molar-refractivity contribution in [1.82, 2.24) is 0 Å². The monoisotopic (exact) mass is 736 g/mol. The Bertz CT molecular complexity index is 1860. The summed E-state index contributed by atoms with van der Waals surface area (Å²) < 4.78 is 3.85. The van der Waals surface area contributed by atoms with Crippen molar-refractivity contribution in [1.29, 1.82) is 0 Å². The van der Waals surface area contributed by atoms with Gasteiger partial charge in [0, 0.05) is 0 Å². The van der Waals surface area contributed by atoms with Gasteiger partial charge < -0.3 is 24.8 Å². The zero-order valence-corrected chi connectivity index (χ0v) is 33.6. The third-order valence-electron chi connectivity index (χ3n) is 10.4. The topological polar surface area (TPSA) is 0 Å². The first-order valence-corrected chi connectivity index (χ1v) is 20.7. The molecule has 4 aromatic rings. The van der Waals surface area contributed by atoms with Crippen LogP contribution in [0.25, 0.3) is 22.3 Å². The number of hydrogen-bond donors (Lipinski definition) is 0. The third kappa shape index (κ3) is 6.09. The molecule has 47 heavy (non-hydrogen) atoms. The minimum absolute atomic E-state index is 0. The summed E-state index contributed by atoms with van der Waals surface area (Å²) in [6.45, 7) is 23.8. The van der Waals surface area contributed by atoms with Gasteiger partial charge >= 0.3 is 281 Å². The molecule has 0 nitrogen and oxygen atoms in total. The van der Waals surface area contributed by atoms with Crippen LogP contribution in [0, 0.1) is 11.3 Å². The molecule has 1 unspecified atom stereocenters. The third-order valence-corrected chi connectivity index (χ3v) is 19.0. The van der Waals surface area contributed by atoms with Gasteiger partial charge in [0.05, 0.1) is 0 Å². The van der Waals surface area contributed by atoms with Gasteiger partial charge in [-0.3, -0.25) is 0 Å². The Kier molecular flexibility index (Phi) is 9.60. The maximum absolute atomic E-state index is 2.82. The SMILES string of the molecule is CC1C=C(C(C)(C)C)C=[C]1[Zr+2](=[C]1c2ccccc2-c2ccccc21)[CH]1c2cc(C(C)(C)C)ccc2-c2ccc(C(C)(C)C)cc21.[Cl-].[Cl-]. The van der Waals surface area contributed by atoms with E-state index in [9.17, 15) is 0 Å². The van der Waals surface area contributed by atoms with Crippen molar-refractivity contribution in [2.24, 2.45) is 11.3 Å². The second-order valence-corrected chi connectivity index (χ2v) is 22.8. The van der Waals surface area contributed by atoms with Crippen LogP contribution < -0.4 is 24.8 Å². The van der Waals surface area contributed by atoms with Crippen LogP contribution in [0.4, 0.5) is 0 Å². The maximum atomic E-state index is 2.68. The molecule has 0 N–H and O–H groups in total. The van der Waals surface area contributed by atoms with Gasteiger partial charge in [-0.25, -0.2) is 0 Å². The largest absolute Gasteiger partial charge is 1.00 e. The maximum Gasteiger partial charge on any atom is -1.00 e. The molecule has 0 saturated heterocycles. The van der Waals surface area contributed by atoms with Crippen LogP contribution >= 0.6 is 0 Å². The van der Waals surface area contributed by atoms with Crippen molar-refractivity contribution in [2.75, 3.05) is 0 Å². The van der Waals surface area contributed by atoms with Crippen molar-refractivity contribution < 1.29 is 46.1 Å². The summed E-state index contributed by atoms with van der Waals surface area (Å²) in [4.78, 5) is 0. The summed E-state index contributed by atoms with van der Waals surface area (Å²) in [6.07, 6.45) is 5.27. The second kappa shape index (κ2) is 12.5. The summed E-state index contributed by atoms with van der Waals surface area (Å²) in [7, 11) is 0. The fourth-order valence-corrected chi connectivity index (χ4v) is 17.4. The van der Waals surface area contributed by atoms with Crippen LogP contribution in [-0.4, -0.2) is 3.21 Å². The van der Waals surface area contributed by atoms with E-state index in [1.165, 1.54) is 50.1 Å². The minimum atomic E-state index is -2.82. The van der Waals surface area contributed by atoms with Gasteiger partial charge in [0.15, 0.2) is 0 Å². The predicted octanol–water partition coefficient (Wildman–Crippen LogP) is 5.73. The molecule has 0 heterocycles. The Morgan fingerprint density at radius 2 is 0.936 bits per heavy atom. The minimum Gasteiger partial charge on any atom is -1.00 e. The molecule has 0 amide bonds. The average molecular weight is 739 g/mol. The van der Waals surface area contributed by atoms with Crippen LogP contribution in [0.15, 0.2) is 106 Å². The number of rotatable bonds is 2. The Morgan fingerprint density at radius 3 is 1.32 bits per heavy atom. The van der Waals surface area contributed by atoms with Crippen LogP contribution in [0.1, 0.15) is 106 Å². The molecule has 0 aliphatic heterocycles. The van der Waals surface area contributed by atoms with E-state index in [2.05, 4.69) is 166 Å². The summed E-state index contributed by atoms with van der Waals surface area (Å²) in [6, 6.07) is 33.5. The molecular formula is C44H48Cl2Zr. The van der Waals surface area contributed by atoms with Gasteiger partial charge in [-0.1, -0.05) is 0 Å². The van der Waals surface area contributed by atoms with Crippen molar-refractivity contribution in [2.45, 2.75) is 83.7 Å². The number of halogens is 2. The van der Waals surface area contributed by atoms with E-state index in [-0.39, 0.29) is 41.1 Å². The van der Waals surface area contributed by atoms with Crippen LogP contribution in [0.2, 0.25) is 0 Å². The van der Waals surface area contributed by atoms with Gasteiger partial charge in [-0.15, -0.1) is 0 Å². The Labute approximate surface area is 303 Å². The predicted molar refractivity (Wildman–Crippen MR) is 191 cm³/mol. The number of fused-ring (bicyclic) bond motifs is 6. The summed E-state index contributed by atoms with van der Waals surface area (Å²) in [5, 5.41) is 0. The summed E-state index contributed by atoms with van der Waals surface area (Å²) in [5.41, 5.74) is 16.6. The van der Waals surface area contributed by atoms with Gasteiger partial charge in [0.2, 0.25) is 0 Å². The van der Waals surface area contributed by atoms with E-state index in [4.69, 9.17) is 0 Å². The molecule has 3 aliphatic rings. The van der Waals surface area contributed by atoms with E-state index in [0.717, 1.165) is 0 Å². The van der Waals surface area contributed by atoms with Gasteiger partial charge in [-0.05, 0) is 0 Å². The molecule has 3 aliphatic carbocycles. The average Bonchev–Trinajstić information content (AvgIpc) is 3.63. The van der Waals surface area contributed by atoms with E-state index in [1.807, 2.05) is 0 Å². The number of benzene rings is 4. The molecule has 7 rings (SSSR count).